The Morgan fingerprint density at radius 1 is 1.29 bits per heavy atom. The Kier molecular flexibility index (Phi) is 1.89. The van der Waals surface area contributed by atoms with E-state index in [0.717, 1.165) is 22.4 Å². The summed E-state index contributed by atoms with van der Waals surface area (Å²) in [6.45, 7) is 4.22. The molecule has 0 amide bonds. The van der Waals surface area contributed by atoms with E-state index in [4.69, 9.17) is 5.73 Å². The lowest BCUT2D eigenvalue weighted by molar-refractivity contribution is 0.617. The van der Waals surface area contributed by atoms with Gasteiger partial charge in [0.1, 0.15) is 12.0 Å². The summed E-state index contributed by atoms with van der Waals surface area (Å²) in [4.78, 5) is 8.61. The van der Waals surface area contributed by atoms with Crippen LogP contribution in [-0.2, 0) is 0 Å². The number of hydrogen-bond donors (Lipinski definition) is 1. The minimum Gasteiger partial charge on any atom is -0.382 e. The van der Waals surface area contributed by atoms with Crippen molar-refractivity contribution in [2.45, 2.75) is 19.9 Å². The molecule has 3 rings (SSSR count). The highest BCUT2D eigenvalue weighted by molar-refractivity contribution is 6.13. The van der Waals surface area contributed by atoms with Crippen molar-refractivity contribution in [3.63, 3.8) is 0 Å². The zero-order chi connectivity index (χ0) is 12.2. The maximum Gasteiger partial charge on any atom is 0.162 e. The van der Waals surface area contributed by atoms with Gasteiger partial charge in [-0.2, -0.15) is 5.10 Å². The van der Waals surface area contributed by atoms with Crippen molar-refractivity contribution in [3.8, 4) is 0 Å². The van der Waals surface area contributed by atoms with Crippen LogP contribution in [0.1, 0.15) is 25.5 Å². The number of amidine groups is 1. The van der Waals surface area contributed by atoms with Crippen molar-refractivity contribution in [2.75, 3.05) is 12.1 Å². The first-order chi connectivity index (χ1) is 8.09. The van der Waals surface area contributed by atoms with Gasteiger partial charge in [-0.15, -0.1) is 0 Å². The second-order valence-corrected chi connectivity index (χ2v) is 4.45. The lowest BCUT2D eigenvalue weighted by atomic mass is 10.2. The maximum absolute atomic E-state index is 5.95. The molecule has 0 atom stereocenters. The Labute approximate surface area is 98.8 Å². The van der Waals surface area contributed by atoms with Crippen molar-refractivity contribution in [1.82, 2.24) is 14.5 Å². The molecule has 1 aliphatic heterocycles. The molecule has 2 aromatic heterocycles. The second-order valence-electron chi connectivity index (χ2n) is 4.45. The highest BCUT2D eigenvalue weighted by Crippen LogP contribution is 2.32. The predicted octanol–water partition coefficient (Wildman–Crippen LogP) is 1.08. The van der Waals surface area contributed by atoms with Gasteiger partial charge in [0.25, 0.3) is 0 Å². The summed E-state index contributed by atoms with van der Waals surface area (Å²) < 4.78 is 2.09. The van der Waals surface area contributed by atoms with Crippen LogP contribution in [0.25, 0.3) is 11.0 Å². The average molecular weight is 230 g/mol. The summed E-state index contributed by atoms with van der Waals surface area (Å²) in [5.74, 6) is 1.32. The molecule has 0 saturated heterocycles. The van der Waals surface area contributed by atoms with Crippen LogP contribution in [0, 0.1) is 0 Å². The van der Waals surface area contributed by atoms with Crippen LogP contribution in [0.5, 0.6) is 0 Å². The minimum absolute atomic E-state index is 0.324. The first kappa shape index (κ1) is 10.1. The number of anilines is 1. The molecule has 6 heteroatoms. The lowest BCUT2D eigenvalue weighted by Crippen LogP contribution is -2.25. The fourth-order valence-electron chi connectivity index (χ4n) is 2.16. The van der Waals surface area contributed by atoms with Crippen LogP contribution < -0.4 is 10.7 Å². The summed E-state index contributed by atoms with van der Waals surface area (Å²) in [6, 6.07) is 0.324. The van der Waals surface area contributed by atoms with E-state index in [-0.39, 0.29) is 0 Å². The average Bonchev–Trinajstić information content (AvgIpc) is 2.67. The normalized spacial score (nSPS) is 14.6. The van der Waals surface area contributed by atoms with Gasteiger partial charge in [0, 0.05) is 24.8 Å². The third-order valence-electron chi connectivity index (χ3n) is 2.99. The van der Waals surface area contributed by atoms with Crippen LogP contribution in [0.4, 0.5) is 5.82 Å². The zero-order valence-electron chi connectivity index (χ0n) is 10.0. The predicted molar refractivity (Wildman–Crippen MR) is 67.0 cm³/mol. The number of hydrazone groups is 1. The van der Waals surface area contributed by atoms with Crippen molar-refractivity contribution >= 4 is 22.7 Å². The quantitative estimate of drug-likeness (QED) is 0.795. The summed E-state index contributed by atoms with van der Waals surface area (Å²) in [7, 11) is 1.84. The van der Waals surface area contributed by atoms with Gasteiger partial charge < -0.3 is 10.3 Å². The van der Waals surface area contributed by atoms with Crippen LogP contribution in [-0.4, -0.2) is 27.4 Å². The molecule has 0 bridgehead atoms. The van der Waals surface area contributed by atoms with Gasteiger partial charge in [0.05, 0.1) is 5.39 Å². The molecule has 3 heterocycles. The van der Waals surface area contributed by atoms with Crippen molar-refractivity contribution in [1.29, 1.82) is 0 Å². The topological polar surface area (TPSA) is 72.3 Å². The molecular weight excluding hydrogens is 216 g/mol. The van der Waals surface area contributed by atoms with E-state index in [9.17, 15) is 0 Å². The third-order valence-corrected chi connectivity index (χ3v) is 2.99. The Morgan fingerprint density at radius 2 is 2.06 bits per heavy atom. The number of rotatable bonds is 1. The van der Waals surface area contributed by atoms with Gasteiger partial charge in [-0.1, -0.05) is 0 Å². The molecule has 0 unspecified atom stereocenters. The molecule has 17 heavy (non-hydrogen) atoms. The van der Waals surface area contributed by atoms with Crippen molar-refractivity contribution in [2.24, 2.45) is 10.8 Å². The van der Waals surface area contributed by atoms with Crippen LogP contribution in [0.3, 0.4) is 0 Å². The monoisotopic (exact) mass is 230 g/mol. The summed E-state index contributed by atoms with van der Waals surface area (Å²) in [6.07, 6.45) is 3.56. The maximum atomic E-state index is 5.95. The van der Waals surface area contributed by atoms with E-state index in [1.54, 1.807) is 11.3 Å². The molecule has 0 spiro atoms. The van der Waals surface area contributed by atoms with Gasteiger partial charge in [0.2, 0.25) is 0 Å². The van der Waals surface area contributed by atoms with E-state index >= 15 is 0 Å². The first-order valence-electron chi connectivity index (χ1n) is 5.53. The second kappa shape index (κ2) is 3.19. The highest BCUT2D eigenvalue weighted by atomic mass is 15.5. The summed E-state index contributed by atoms with van der Waals surface area (Å²) in [5, 5.41) is 6.92. The number of hydrogen-bond acceptors (Lipinski definition) is 5. The fraction of sp³-hybridized carbons (Fsp3) is 0.364. The smallest absolute Gasteiger partial charge is 0.162 e. The Morgan fingerprint density at radius 3 is 2.76 bits per heavy atom. The molecule has 0 aromatic carbocycles. The minimum atomic E-state index is 0.324. The number of aromatic nitrogens is 3. The molecule has 0 saturated carbocycles. The SMILES string of the molecule is CC(C)n1cc2c3c(ncnc31)N(C)N=C2N. The van der Waals surface area contributed by atoms with E-state index < -0.39 is 0 Å². The molecule has 6 nitrogen and oxygen atoms in total. The third kappa shape index (κ3) is 1.23. The standard InChI is InChI=1S/C11H14N6/c1-6(2)17-4-7-8-10(13-5-14-11(8)17)16(3)15-9(7)12/h4-6H,1-3H3,(H2,12,15). The van der Waals surface area contributed by atoms with E-state index in [1.807, 2.05) is 13.2 Å². The molecular formula is C11H14N6. The first-order valence-corrected chi connectivity index (χ1v) is 5.53. The van der Waals surface area contributed by atoms with E-state index in [1.165, 1.54) is 0 Å². The van der Waals surface area contributed by atoms with Crippen molar-refractivity contribution in [3.05, 3.63) is 18.1 Å². The number of nitrogens with zero attached hydrogens (tertiary/aromatic N) is 5. The molecule has 0 aliphatic carbocycles. The van der Waals surface area contributed by atoms with Crippen LogP contribution >= 0.6 is 0 Å². The molecule has 2 aromatic rings. The van der Waals surface area contributed by atoms with Crippen molar-refractivity contribution < 1.29 is 0 Å². The summed E-state index contributed by atoms with van der Waals surface area (Å²) >= 11 is 0. The van der Waals surface area contributed by atoms with E-state index in [2.05, 4.69) is 33.5 Å². The van der Waals surface area contributed by atoms with Gasteiger partial charge in [-0.05, 0) is 13.8 Å². The zero-order valence-corrected chi connectivity index (χ0v) is 10.0. The fourth-order valence-corrected chi connectivity index (χ4v) is 2.16. The van der Waals surface area contributed by atoms with Gasteiger partial charge >= 0.3 is 0 Å². The van der Waals surface area contributed by atoms with Gasteiger partial charge in [-0.25, -0.2) is 15.0 Å². The van der Waals surface area contributed by atoms with Gasteiger partial charge in [0.15, 0.2) is 11.7 Å². The molecule has 0 fully saturated rings. The molecule has 1 aliphatic rings. The molecule has 0 radical (unpaired) electrons. The van der Waals surface area contributed by atoms with E-state index in [0.29, 0.717) is 11.9 Å². The highest BCUT2D eigenvalue weighted by Gasteiger charge is 2.24. The summed E-state index contributed by atoms with van der Waals surface area (Å²) in [5.41, 5.74) is 7.77. The van der Waals surface area contributed by atoms with Crippen LogP contribution in [0.2, 0.25) is 0 Å². The Hall–Kier alpha value is -2.11. The van der Waals surface area contributed by atoms with Gasteiger partial charge in [-0.3, -0.25) is 0 Å². The van der Waals surface area contributed by atoms with Crippen LogP contribution in [0.15, 0.2) is 17.6 Å². The lowest BCUT2D eigenvalue weighted by Gasteiger charge is -2.18. The number of nitrogens with two attached hydrogens (primary N) is 1. The largest absolute Gasteiger partial charge is 0.382 e. The Balaban J connectivity index is 2.44. The molecule has 88 valence electrons. The Bertz CT molecular complexity index is 624. The molecule has 2 N–H and O–H groups in total.